The molecular weight excluding hydrogens is 230 g/mol. The fourth-order valence-electron chi connectivity index (χ4n) is 2.38. The highest BCUT2D eigenvalue weighted by atomic mass is 16.5. The van der Waals surface area contributed by atoms with Gasteiger partial charge in [0.05, 0.1) is 12.3 Å². The number of aromatic amines is 1. The molecule has 1 unspecified atom stereocenters. The highest BCUT2D eigenvalue weighted by molar-refractivity contribution is 5.20. The summed E-state index contributed by atoms with van der Waals surface area (Å²) in [5.74, 6) is 0.889. The Hall–Kier alpha value is -1.07. The van der Waals surface area contributed by atoms with Gasteiger partial charge in [-0.05, 0) is 19.4 Å². The van der Waals surface area contributed by atoms with Crippen LogP contribution in [0.4, 0.5) is 0 Å². The molecule has 2 rings (SSSR count). The number of H-pyrrole nitrogens is 1. The van der Waals surface area contributed by atoms with Crippen LogP contribution in [0.15, 0.2) is 0 Å². The first-order valence-electron chi connectivity index (χ1n) is 6.86. The number of aryl methyl sites for hydroxylation is 1. The average molecular weight is 253 g/mol. The number of hydrogen-bond donors (Lipinski definition) is 2. The number of aromatic hydroxyl groups is 1. The second-order valence-electron chi connectivity index (χ2n) is 4.83. The zero-order valence-corrected chi connectivity index (χ0v) is 11.3. The van der Waals surface area contributed by atoms with E-state index < -0.39 is 0 Å². The zero-order chi connectivity index (χ0) is 13.0. The van der Waals surface area contributed by atoms with Crippen LogP contribution in [-0.2, 0) is 11.2 Å². The lowest BCUT2D eigenvalue weighted by Gasteiger charge is -2.31. The van der Waals surface area contributed by atoms with Gasteiger partial charge in [-0.2, -0.15) is 4.98 Å². The van der Waals surface area contributed by atoms with Gasteiger partial charge in [-0.25, -0.2) is 0 Å². The van der Waals surface area contributed by atoms with Crippen LogP contribution in [0.1, 0.15) is 44.3 Å². The SMILES string of the molecule is CCCc1[nH]c(C2CN(CCC)CCO2)nc1O. The van der Waals surface area contributed by atoms with E-state index in [1.165, 1.54) is 0 Å². The number of ether oxygens (including phenoxy) is 1. The van der Waals surface area contributed by atoms with Crippen molar-refractivity contribution in [3.8, 4) is 5.88 Å². The van der Waals surface area contributed by atoms with Crippen LogP contribution in [0.5, 0.6) is 5.88 Å². The van der Waals surface area contributed by atoms with Crippen LogP contribution in [0.25, 0.3) is 0 Å². The van der Waals surface area contributed by atoms with Crippen LogP contribution in [-0.4, -0.2) is 46.2 Å². The first-order chi connectivity index (χ1) is 8.74. The molecule has 0 amide bonds. The minimum absolute atomic E-state index is 0.0400. The van der Waals surface area contributed by atoms with Crippen LogP contribution in [0.2, 0.25) is 0 Å². The summed E-state index contributed by atoms with van der Waals surface area (Å²) < 4.78 is 5.74. The van der Waals surface area contributed by atoms with E-state index in [1.807, 2.05) is 0 Å². The Kier molecular flexibility index (Phi) is 4.60. The third kappa shape index (κ3) is 3.03. The molecule has 1 aromatic rings. The summed E-state index contributed by atoms with van der Waals surface area (Å²) in [6.07, 6.45) is 2.92. The topological polar surface area (TPSA) is 61.4 Å². The highest BCUT2D eigenvalue weighted by Gasteiger charge is 2.25. The van der Waals surface area contributed by atoms with E-state index in [-0.39, 0.29) is 12.0 Å². The van der Waals surface area contributed by atoms with Crippen molar-refractivity contribution in [1.82, 2.24) is 14.9 Å². The summed E-state index contributed by atoms with van der Waals surface area (Å²) in [6, 6.07) is 0. The molecule has 102 valence electrons. The smallest absolute Gasteiger partial charge is 0.232 e. The molecule has 1 fully saturated rings. The maximum absolute atomic E-state index is 9.75. The Bertz CT molecular complexity index is 376. The molecular formula is C13H23N3O2. The minimum Gasteiger partial charge on any atom is -0.492 e. The van der Waals surface area contributed by atoms with Gasteiger partial charge < -0.3 is 14.8 Å². The van der Waals surface area contributed by atoms with Crippen molar-refractivity contribution in [2.24, 2.45) is 0 Å². The van der Waals surface area contributed by atoms with Crippen molar-refractivity contribution in [3.05, 3.63) is 11.5 Å². The molecule has 2 N–H and O–H groups in total. The summed E-state index contributed by atoms with van der Waals surface area (Å²) in [4.78, 5) is 9.78. The molecule has 0 aliphatic carbocycles. The quantitative estimate of drug-likeness (QED) is 0.840. The van der Waals surface area contributed by atoms with E-state index >= 15 is 0 Å². The third-order valence-electron chi connectivity index (χ3n) is 3.27. The predicted octanol–water partition coefficient (Wildman–Crippen LogP) is 1.85. The summed E-state index contributed by atoms with van der Waals surface area (Å²) >= 11 is 0. The van der Waals surface area contributed by atoms with E-state index in [4.69, 9.17) is 4.74 Å². The van der Waals surface area contributed by atoms with Gasteiger partial charge in [0.25, 0.3) is 0 Å². The lowest BCUT2D eigenvalue weighted by atomic mass is 10.2. The molecule has 0 saturated carbocycles. The molecule has 0 aromatic carbocycles. The Morgan fingerprint density at radius 1 is 1.44 bits per heavy atom. The van der Waals surface area contributed by atoms with Crippen LogP contribution < -0.4 is 0 Å². The Morgan fingerprint density at radius 2 is 2.28 bits per heavy atom. The molecule has 5 nitrogen and oxygen atoms in total. The summed E-state index contributed by atoms with van der Waals surface area (Å²) in [7, 11) is 0. The van der Waals surface area contributed by atoms with Gasteiger partial charge in [0, 0.05) is 13.1 Å². The highest BCUT2D eigenvalue weighted by Crippen LogP contribution is 2.24. The number of morpholine rings is 1. The van der Waals surface area contributed by atoms with Crippen molar-refractivity contribution < 1.29 is 9.84 Å². The van der Waals surface area contributed by atoms with Gasteiger partial charge in [-0.3, -0.25) is 4.90 Å². The molecule has 1 saturated heterocycles. The number of rotatable bonds is 5. The summed E-state index contributed by atoms with van der Waals surface area (Å²) in [6.45, 7) is 7.93. The zero-order valence-electron chi connectivity index (χ0n) is 11.3. The first kappa shape index (κ1) is 13.4. The van der Waals surface area contributed by atoms with E-state index in [9.17, 15) is 5.11 Å². The lowest BCUT2D eigenvalue weighted by molar-refractivity contribution is -0.0339. The fourth-order valence-corrected chi connectivity index (χ4v) is 2.38. The molecule has 2 heterocycles. The van der Waals surface area contributed by atoms with Crippen molar-refractivity contribution in [1.29, 1.82) is 0 Å². The molecule has 1 aliphatic heterocycles. The summed E-state index contributed by atoms with van der Waals surface area (Å²) in [5, 5.41) is 9.75. The number of nitrogens with zero attached hydrogens (tertiary/aromatic N) is 2. The largest absolute Gasteiger partial charge is 0.492 e. The number of nitrogens with one attached hydrogen (secondary N) is 1. The Balaban J connectivity index is 2.03. The van der Waals surface area contributed by atoms with E-state index in [2.05, 4.69) is 28.7 Å². The van der Waals surface area contributed by atoms with Crippen molar-refractivity contribution in [2.45, 2.75) is 39.2 Å². The Labute approximate surface area is 108 Å². The maximum Gasteiger partial charge on any atom is 0.232 e. The van der Waals surface area contributed by atoms with Crippen LogP contribution >= 0.6 is 0 Å². The van der Waals surface area contributed by atoms with Gasteiger partial charge >= 0.3 is 0 Å². The minimum atomic E-state index is -0.0400. The Morgan fingerprint density at radius 3 is 3.00 bits per heavy atom. The fraction of sp³-hybridized carbons (Fsp3) is 0.769. The number of imidazole rings is 1. The number of hydrogen-bond acceptors (Lipinski definition) is 4. The number of aromatic nitrogens is 2. The van der Waals surface area contributed by atoms with Crippen LogP contribution in [0.3, 0.4) is 0 Å². The third-order valence-corrected chi connectivity index (χ3v) is 3.27. The molecule has 5 heteroatoms. The lowest BCUT2D eigenvalue weighted by Crippen LogP contribution is -2.39. The average Bonchev–Trinajstić information content (AvgIpc) is 2.73. The molecule has 1 aromatic heterocycles. The molecule has 18 heavy (non-hydrogen) atoms. The van der Waals surface area contributed by atoms with E-state index in [0.29, 0.717) is 0 Å². The maximum atomic E-state index is 9.75. The van der Waals surface area contributed by atoms with Gasteiger partial charge in [0.1, 0.15) is 11.9 Å². The van der Waals surface area contributed by atoms with Crippen molar-refractivity contribution in [3.63, 3.8) is 0 Å². The van der Waals surface area contributed by atoms with Gasteiger partial charge in [0.2, 0.25) is 5.88 Å². The monoisotopic (exact) mass is 253 g/mol. The molecule has 1 aliphatic rings. The summed E-state index contributed by atoms with van der Waals surface area (Å²) in [5.41, 5.74) is 0.823. The van der Waals surface area contributed by atoms with Crippen LogP contribution in [0, 0.1) is 0 Å². The predicted molar refractivity (Wildman–Crippen MR) is 69.7 cm³/mol. The van der Waals surface area contributed by atoms with Gasteiger partial charge in [0.15, 0.2) is 0 Å². The van der Waals surface area contributed by atoms with Gasteiger partial charge in [-0.1, -0.05) is 20.3 Å². The van der Waals surface area contributed by atoms with Crippen molar-refractivity contribution in [2.75, 3.05) is 26.2 Å². The second-order valence-corrected chi connectivity index (χ2v) is 4.83. The molecule has 0 bridgehead atoms. The standard InChI is InChI=1S/C13H23N3O2/c1-3-5-10-13(17)15-12(14-10)11-9-16(6-4-2)7-8-18-11/h11,17H,3-9H2,1-2H3,(H,14,15). The normalized spacial score (nSPS) is 21.3. The first-order valence-corrected chi connectivity index (χ1v) is 6.86. The molecule has 1 atom stereocenters. The molecule has 0 spiro atoms. The van der Waals surface area contributed by atoms with E-state index in [1.54, 1.807) is 0 Å². The van der Waals surface area contributed by atoms with Gasteiger partial charge in [-0.15, -0.1) is 0 Å². The second kappa shape index (κ2) is 6.20. The van der Waals surface area contributed by atoms with E-state index in [0.717, 1.165) is 57.0 Å². The van der Waals surface area contributed by atoms with Crippen molar-refractivity contribution >= 4 is 0 Å². The molecule has 0 radical (unpaired) electrons.